The van der Waals surface area contributed by atoms with Gasteiger partial charge in [0.15, 0.2) is 5.78 Å². The van der Waals surface area contributed by atoms with Crippen LogP contribution in [0.25, 0.3) is 0 Å². The smallest absolute Gasteiger partial charge is 0.194 e. The van der Waals surface area contributed by atoms with Gasteiger partial charge < -0.3 is 5.32 Å². The van der Waals surface area contributed by atoms with E-state index in [0.29, 0.717) is 10.6 Å². The lowest BCUT2D eigenvalue weighted by atomic mass is 9.96. The van der Waals surface area contributed by atoms with Crippen molar-refractivity contribution in [1.29, 1.82) is 0 Å². The zero-order valence-corrected chi connectivity index (χ0v) is 11.6. The first kappa shape index (κ1) is 13.8. The van der Waals surface area contributed by atoms with E-state index in [0.717, 1.165) is 24.1 Å². The van der Waals surface area contributed by atoms with Gasteiger partial charge in [-0.3, -0.25) is 4.79 Å². The summed E-state index contributed by atoms with van der Waals surface area (Å²) in [6.07, 6.45) is 0.822. The van der Waals surface area contributed by atoms with E-state index in [2.05, 4.69) is 5.32 Å². The van der Waals surface area contributed by atoms with Crippen LogP contribution >= 0.6 is 11.6 Å². The lowest BCUT2D eigenvalue weighted by Gasteiger charge is -2.09. The first-order chi connectivity index (χ1) is 9.24. The van der Waals surface area contributed by atoms with E-state index in [1.807, 2.05) is 43.4 Å². The molecule has 0 bridgehead atoms. The summed E-state index contributed by atoms with van der Waals surface area (Å²) < 4.78 is 0. The Hall–Kier alpha value is -1.64. The fourth-order valence-electron chi connectivity index (χ4n) is 2.01. The molecule has 0 saturated carbocycles. The third-order valence-corrected chi connectivity index (χ3v) is 3.35. The lowest BCUT2D eigenvalue weighted by Crippen LogP contribution is -2.13. The van der Waals surface area contributed by atoms with Crippen LogP contribution in [0.1, 0.15) is 21.5 Å². The first-order valence-corrected chi connectivity index (χ1v) is 6.63. The van der Waals surface area contributed by atoms with Gasteiger partial charge in [-0.05, 0) is 37.7 Å². The highest BCUT2D eigenvalue weighted by Crippen LogP contribution is 2.21. The van der Waals surface area contributed by atoms with Crippen molar-refractivity contribution < 1.29 is 4.79 Å². The largest absolute Gasteiger partial charge is 0.319 e. The van der Waals surface area contributed by atoms with Crippen LogP contribution in [0.3, 0.4) is 0 Å². The van der Waals surface area contributed by atoms with Crippen molar-refractivity contribution in [2.75, 3.05) is 13.6 Å². The highest BCUT2D eigenvalue weighted by molar-refractivity contribution is 6.35. The van der Waals surface area contributed by atoms with Crippen molar-refractivity contribution in [2.24, 2.45) is 0 Å². The summed E-state index contributed by atoms with van der Waals surface area (Å²) >= 11 is 6.09. The third kappa shape index (κ3) is 3.22. The van der Waals surface area contributed by atoms with E-state index in [4.69, 9.17) is 11.6 Å². The third-order valence-electron chi connectivity index (χ3n) is 3.02. The number of carbonyl (C=O) groups excluding carboxylic acids is 1. The molecule has 19 heavy (non-hydrogen) atoms. The quantitative estimate of drug-likeness (QED) is 0.847. The van der Waals surface area contributed by atoms with Gasteiger partial charge in [-0.1, -0.05) is 48.0 Å². The average Bonchev–Trinajstić information content (AvgIpc) is 2.45. The summed E-state index contributed by atoms with van der Waals surface area (Å²) in [5.41, 5.74) is 2.33. The molecule has 2 nitrogen and oxygen atoms in total. The molecule has 0 amide bonds. The molecule has 0 fully saturated rings. The summed E-state index contributed by atoms with van der Waals surface area (Å²) in [7, 11) is 1.90. The van der Waals surface area contributed by atoms with Crippen LogP contribution in [0.5, 0.6) is 0 Å². The lowest BCUT2D eigenvalue weighted by molar-refractivity contribution is 0.103. The first-order valence-electron chi connectivity index (χ1n) is 6.25. The molecule has 3 heteroatoms. The Kier molecular flexibility index (Phi) is 4.72. The monoisotopic (exact) mass is 273 g/mol. The molecule has 0 heterocycles. The molecule has 0 radical (unpaired) electrons. The fraction of sp³-hybridized carbons (Fsp3) is 0.188. The molecule has 2 aromatic rings. The number of ketones is 1. The summed E-state index contributed by atoms with van der Waals surface area (Å²) in [5.74, 6) is -0.0164. The van der Waals surface area contributed by atoms with Crippen molar-refractivity contribution in [3.63, 3.8) is 0 Å². The van der Waals surface area contributed by atoms with Gasteiger partial charge in [0, 0.05) is 11.1 Å². The van der Waals surface area contributed by atoms with E-state index >= 15 is 0 Å². The molecule has 0 spiro atoms. The Morgan fingerprint density at radius 1 is 1.05 bits per heavy atom. The molecule has 0 aromatic heterocycles. The second-order valence-corrected chi connectivity index (χ2v) is 4.73. The Balaban J connectivity index is 2.36. The van der Waals surface area contributed by atoms with Gasteiger partial charge in [0.1, 0.15) is 0 Å². The molecule has 0 atom stereocenters. The number of rotatable bonds is 5. The van der Waals surface area contributed by atoms with Crippen molar-refractivity contribution in [3.05, 3.63) is 70.2 Å². The van der Waals surface area contributed by atoms with Crippen LogP contribution in [-0.2, 0) is 6.42 Å². The number of likely N-dealkylation sites (N-methyl/N-ethyl adjacent to an activating group) is 1. The summed E-state index contributed by atoms with van der Waals surface area (Å²) in [4.78, 5) is 12.5. The summed E-state index contributed by atoms with van der Waals surface area (Å²) in [5, 5.41) is 3.59. The maximum atomic E-state index is 12.5. The summed E-state index contributed by atoms with van der Waals surface area (Å²) in [6.45, 7) is 0.840. The second kappa shape index (κ2) is 6.50. The molecule has 0 aliphatic rings. The minimum Gasteiger partial charge on any atom is -0.319 e. The van der Waals surface area contributed by atoms with Crippen molar-refractivity contribution >= 4 is 17.4 Å². The number of halogens is 1. The molecule has 2 aromatic carbocycles. The van der Waals surface area contributed by atoms with Gasteiger partial charge in [-0.15, -0.1) is 0 Å². The zero-order chi connectivity index (χ0) is 13.7. The van der Waals surface area contributed by atoms with Gasteiger partial charge in [-0.25, -0.2) is 0 Å². The summed E-state index contributed by atoms with van der Waals surface area (Å²) in [6, 6.07) is 14.8. The maximum Gasteiger partial charge on any atom is 0.194 e. The van der Waals surface area contributed by atoms with Crippen LogP contribution in [-0.4, -0.2) is 19.4 Å². The van der Waals surface area contributed by atoms with Crippen LogP contribution in [0.4, 0.5) is 0 Å². The Morgan fingerprint density at radius 2 is 1.68 bits per heavy atom. The van der Waals surface area contributed by atoms with Crippen molar-refractivity contribution in [3.8, 4) is 0 Å². The minimum atomic E-state index is -0.0164. The zero-order valence-electron chi connectivity index (χ0n) is 10.8. The molecule has 2 rings (SSSR count). The molecule has 0 aliphatic heterocycles. The van der Waals surface area contributed by atoms with Gasteiger partial charge >= 0.3 is 0 Å². The number of benzene rings is 2. The Labute approximate surface area is 118 Å². The Morgan fingerprint density at radius 3 is 2.37 bits per heavy atom. The Bertz CT molecular complexity index is 580. The topological polar surface area (TPSA) is 29.1 Å². The van der Waals surface area contributed by atoms with Crippen LogP contribution in [0.15, 0.2) is 48.5 Å². The van der Waals surface area contributed by atoms with Crippen molar-refractivity contribution in [1.82, 2.24) is 5.32 Å². The SMILES string of the molecule is CNCCc1ccccc1C(=O)c1ccccc1Cl. The van der Waals surface area contributed by atoms with Crippen molar-refractivity contribution in [2.45, 2.75) is 6.42 Å². The highest BCUT2D eigenvalue weighted by Gasteiger charge is 2.15. The van der Waals surface area contributed by atoms with Gasteiger partial charge in [0.05, 0.1) is 5.02 Å². The van der Waals surface area contributed by atoms with Gasteiger partial charge in [-0.2, -0.15) is 0 Å². The molecule has 0 aliphatic carbocycles. The standard InChI is InChI=1S/C16H16ClNO/c1-18-11-10-12-6-2-3-7-13(12)16(19)14-8-4-5-9-15(14)17/h2-9,18H,10-11H2,1H3. The van der Waals surface area contributed by atoms with E-state index in [1.54, 1.807) is 12.1 Å². The number of nitrogens with one attached hydrogen (secondary N) is 1. The number of carbonyl (C=O) groups is 1. The predicted molar refractivity (Wildman–Crippen MR) is 79.0 cm³/mol. The van der Waals surface area contributed by atoms with Gasteiger partial charge in [0.25, 0.3) is 0 Å². The molecular weight excluding hydrogens is 258 g/mol. The predicted octanol–water partition coefficient (Wildman–Crippen LogP) is 3.33. The van der Waals surface area contributed by atoms with E-state index in [-0.39, 0.29) is 5.78 Å². The van der Waals surface area contributed by atoms with E-state index in [9.17, 15) is 4.79 Å². The number of hydrogen-bond donors (Lipinski definition) is 1. The molecular formula is C16H16ClNO. The fourth-order valence-corrected chi connectivity index (χ4v) is 2.23. The van der Waals surface area contributed by atoms with Crippen LogP contribution in [0.2, 0.25) is 5.02 Å². The van der Waals surface area contributed by atoms with Crippen LogP contribution in [0, 0.1) is 0 Å². The minimum absolute atomic E-state index is 0.0164. The van der Waals surface area contributed by atoms with Gasteiger partial charge in [0.2, 0.25) is 0 Å². The molecule has 0 unspecified atom stereocenters. The molecule has 1 N–H and O–H groups in total. The van der Waals surface area contributed by atoms with E-state index in [1.165, 1.54) is 0 Å². The normalized spacial score (nSPS) is 10.4. The number of hydrogen-bond acceptors (Lipinski definition) is 2. The maximum absolute atomic E-state index is 12.5. The molecule has 0 saturated heterocycles. The second-order valence-electron chi connectivity index (χ2n) is 4.32. The molecule has 98 valence electrons. The highest BCUT2D eigenvalue weighted by atomic mass is 35.5. The van der Waals surface area contributed by atoms with Crippen LogP contribution < -0.4 is 5.32 Å². The average molecular weight is 274 g/mol. The van der Waals surface area contributed by atoms with E-state index < -0.39 is 0 Å².